The van der Waals surface area contributed by atoms with E-state index in [4.69, 9.17) is 10.7 Å². The molecule has 3 nitrogen and oxygen atoms in total. The average Bonchev–Trinajstić information content (AvgIpc) is 2.96. The van der Waals surface area contributed by atoms with E-state index in [2.05, 4.69) is 36.6 Å². The molecule has 1 aliphatic carbocycles. The van der Waals surface area contributed by atoms with E-state index in [9.17, 15) is 0 Å². The summed E-state index contributed by atoms with van der Waals surface area (Å²) >= 11 is 0. The standard InChI is InChI=1S/C14H19N3/c1-3-17-13-5-4-10(8-15)7-12(13)16-14(17)11-6-9(11)2/h4-5,7,9,11H,3,6,8,15H2,1-2H3. The Morgan fingerprint density at radius 2 is 2.24 bits per heavy atom. The molecule has 1 aliphatic rings. The molecule has 3 rings (SSSR count). The van der Waals surface area contributed by atoms with Gasteiger partial charge in [0, 0.05) is 19.0 Å². The fourth-order valence-corrected chi connectivity index (χ4v) is 2.62. The van der Waals surface area contributed by atoms with Crippen LogP contribution in [0.25, 0.3) is 11.0 Å². The van der Waals surface area contributed by atoms with Crippen LogP contribution < -0.4 is 5.73 Å². The maximum atomic E-state index is 5.68. The number of benzene rings is 1. The number of nitrogens with two attached hydrogens (primary N) is 1. The monoisotopic (exact) mass is 229 g/mol. The number of imidazole rings is 1. The summed E-state index contributed by atoms with van der Waals surface area (Å²) in [5.74, 6) is 2.74. The topological polar surface area (TPSA) is 43.8 Å². The van der Waals surface area contributed by atoms with Crippen LogP contribution in [0.5, 0.6) is 0 Å². The highest BCUT2D eigenvalue weighted by molar-refractivity contribution is 5.77. The van der Waals surface area contributed by atoms with E-state index >= 15 is 0 Å². The van der Waals surface area contributed by atoms with Crippen LogP contribution in [0.15, 0.2) is 18.2 Å². The number of aromatic nitrogens is 2. The van der Waals surface area contributed by atoms with Gasteiger partial charge in [-0.1, -0.05) is 13.0 Å². The zero-order valence-electron chi connectivity index (χ0n) is 10.5. The van der Waals surface area contributed by atoms with Crippen LogP contribution in [-0.4, -0.2) is 9.55 Å². The molecule has 2 aromatic rings. The minimum absolute atomic E-state index is 0.587. The Morgan fingerprint density at radius 1 is 1.47 bits per heavy atom. The van der Waals surface area contributed by atoms with Gasteiger partial charge in [-0.2, -0.15) is 0 Å². The minimum atomic E-state index is 0.587. The fourth-order valence-electron chi connectivity index (χ4n) is 2.62. The molecule has 1 heterocycles. The Bertz CT molecular complexity index is 556. The molecule has 0 bridgehead atoms. The summed E-state index contributed by atoms with van der Waals surface area (Å²) in [6, 6.07) is 6.39. The van der Waals surface area contributed by atoms with Crippen molar-refractivity contribution in [3.63, 3.8) is 0 Å². The number of hydrogen-bond donors (Lipinski definition) is 1. The van der Waals surface area contributed by atoms with Crippen LogP contribution >= 0.6 is 0 Å². The molecule has 0 saturated heterocycles. The molecule has 1 aromatic carbocycles. The van der Waals surface area contributed by atoms with Crippen molar-refractivity contribution in [1.82, 2.24) is 9.55 Å². The largest absolute Gasteiger partial charge is 0.328 e. The lowest BCUT2D eigenvalue weighted by Gasteiger charge is -2.04. The van der Waals surface area contributed by atoms with Gasteiger partial charge in [0.25, 0.3) is 0 Å². The third-order valence-corrected chi connectivity index (χ3v) is 3.84. The van der Waals surface area contributed by atoms with Gasteiger partial charge >= 0.3 is 0 Å². The highest BCUT2D eigenvalue weighted by Gasteiger charge is 2.37. The van der Waals surface area contributed by atoms with Gasteiger partial charge in [0.05, 0.1) is 11.0 Å². The van der Waals surface area contributed by atoms with Crippen molar-refractivity contribution >= 4 is 11.0 Å². The van der Waals surface area contributed by atoms with Gasteiger partial charge in [-0.25, -0.2) is 4.98 Å². The molecule has 0 amide bonds. The summed E-state index contributed by atoms with van der Waals surface area (Å²) < 4.78 is 2.35. The van der Waals surface area contributed by atoms with Crippen molar-refractivity contribution in [2.24, 2.45) is 11.7 Å². The molecule has 0 radical (unpaired) electrons. The average molecular weight is 229 g/mol. The second kappa shape index (κ2) is 3.84. The van der Waals surface area contributed by atoms with Gasteiger partial charge in [-0.05, 0) is 37.0 Å². The summed E-state index contributed by atoms with van der Waals surface area (Å²) in [6.07, 6.45) is 1.28. The van der Waals surface area contributed by atoms with E-state index in [-0.39, 0.29) is 0 Å². The number of nitrogens with zero attached hydrogens (tertiary/aromatic N) is 2. The van der Waals surface area contributed by atoms with E-state index in [0.29, 0.717) is 12.5 Å². The third-order valence-electron chi connectivity index (χ3n) is 3.84. The minimum Gasteiger partial charge on any atom is -0.328 e. The molecule has 17 heavy (non-hydrogen) atoms. The molecule has 90 valence electrons. The summed E-state index contributed by atoms with van der Waals surface area (Å²) in [7, 11) is 0. The number of aryl methyl sites for hydroxylation is 1. The molecule has 1 fully saturated rings. The van der Waals surface area contributed by atoms with Crippen LogP contribution in [0.2, 0.25) is 0 Å². The summed E-state index contributed by atoms with van der Waals surface area (Å²) in [5.41, 5.74) is 9.19. The molecular weight excluding hydrogens is 210 g/mol. The van der Waals surface area contributed by atoms with Crippen LogP contribution in [0, 0.1) is 5.92 Å². The normalized spacial score (nSPS) is 23.2. The maximum Gasteiger partial charge on any atom is 0.113 e. The lowest BCUT2D eigenvalue weighted by Crippen LogP contribution is -2.00. The molecule has 1 aromatic heterocycles. The van der Waals surface area contributed by atoms with Crippen molar-refractivity contribution in [3.8, 4) is 0 Å². The first kappa shape index (κ1) is 10.8. The van der Waals surface area contributed by atoms with E-state index in [1.54, 1.807) is 0 Å². The predicted octanol–water partition coefficient (Wildman–Crippen LogP) is 2.64. The van der Waals surface area contributed by atoms with Crippen molar-refractivity contribution < 1.29 is 0 Å². The van der Waals surface area contributed by atoms with E-state index in [1.165, 1.54) is 17.8 Å². The lowest BCUT2D eigenvalue weighted by atomic mass is 10.2. The second-order valence-corrected chi connectivity index (χ2v) is 5.06. The first-order valence-corrected chi connectivity index (χ1v) is 6.43. The molecule has 2 atom stereocenters. The van der Waals surface area contributed by atoms with Crippen molar-refractivity contribution in [3.05, 3.63) is 29.6 Å². The first-order chi connectivity index (χ1) is 8.24. The van der Waals surface area contributed by atoms with Gasteiger partial charge in [-0.15, -0.1) is 0 Å². The molecule has 2 N–H and O–H groups in total. The third kappa shape index (κ3) is 1.65. The van der Waals surface area contributed by atoms with Crippen molar-refractivity contribution in [2.75, 3.05) is 0 Å². The van der Waals surface area contributed by atoms with Gasteiger partial charge in [0.1, 0.15) is 5.82 Å². The maximum absolute atomic E-state index is 5.68. The van der Waals surface area contributed by atoms with E-state index < -0.39 is 0 Å². The zero-order chi connectivity index (χ0) is 12.0. The van der Waals surface area contributed by atoms with Gasteiger partial charge in [-0.3, -0.25) is 0 Å². The number of hydrogen-bond acceptors (Lipinski definition) is 2. The number of rotatable bonds is 3. The molecule has 1 saturated carbocycles. The smallest absolute Gasteiger partial charge is 0.113 e. The zero-order valence-corrected chi connectivity index (χ0v) is 10.5. The molecular formula is C14H19N3. The van der Waals surface area contributed by atoms with E-state index in [0.717, 1.165) is 23.5 Å². The Balaban J connectivity index is 2.16. The van der Waals surface area contributed by atoms with Gasteiger partial charge in [0.2, 0.25) is 0 Å². The molecule has 2 unspecified atom stereocenters. The Labute approximate surface area is 102 Å². The Kier molecular flexibility index (Phi) is 2.44. The van der Waals surface area contributed by atoms with Gasteiger partial charge in [0.15, 0.2) is 0 Å². The van der Waals surface area contributed by atoms with Crippen molar-refractivity contribution in [2.45, 2.75) is 39.3 Å². The first-order valence-electron chi connectivity index (χ1n) is 6.43. The fraction of sp³-hybridized carbons (Fsp3) is 0.500. The van der Waals surface area contributed by atoms with Gasteiger partial charge < -0.3 is 10.3 Å². The van der Waals surface area contributed by atoms with Crippen molar-refractivity contribution in [1.29, 1.82) is 0 Å². The van der Waals surface area contributed by atoms with Crippen LogP contribution in [0.4, 0.5) is 0 Å². The number of fused-ring (bicyclic) bond motifs is 1. The quantitative estimate of drug-likeness (QED) is 0.879. The van der Waals surface area contributed by atoms with Crippen LogP contribution in [0.3, 0.4) is 0 Å². The van der Waals surface area contributed by atoms with Crippen LogP contribution in [0.1, 0.15) is 37.6 Å². The summed E-state index contributed by atoms with van der Waals surface area (Å²) in [5, 5.41) is 0. The molecule has 0 spiro atoms. The van der Waals surface area contributed by atoms with Crippen LogP contribution in [-0.2, 0) is 13.1 Å². The second-order valence-electron chi connectivity index (χ2n) is 5.06. The highest BCUT2D eigenvalue weighted by Crippen LogP contribution is 2.47. The summed E-state index contributed by atoms with van der Waals surface area (Å²) in [6.45, 7) is 6.07. The Hall–Kier alpha value is -1.35. The Morgan fingerprint density at radius 3 is 2.82 bits per heavy atom. The summed E-state index contributed by atoms with van der Waals surface area (Å²) in [4.78, 5) is 4.81. The highest BCUT2D eigenvalue weighted by atomic mass is 15.1. The predicted molar refractivity (Wildman–Crippen MR) is 69.8 cm³/mol. The lowest BCUT2D eigenvalue weighted by molar-refractivity contribution is 0.703. The SMILES string of the molecule is CCn1c(C2CC2C)nc2cc(CN)ccc21. The molecule has 0 aliphatic heterocycles. The van der Waals surface area contributed by atoms with E-state index in [1.807, 2.05) is 0 Å². The molecule has 3 heteroatoms.